The van der Waals surface area contributed by atoms with Crippen LogP contribution in [0.3, 0.4) is 0 Å². The highest BCUT2D eigenvalue weighted by molar-refractivity contribution is 7.99. The molecular formula is C15H13N3S. The first-order valence-electron chi connectivity index (χ1n) is 6.02. The van der Waals surface area contributed by atoms with E-state index in [0.717, 1.165) is 27.7 Å². The lowest BCUT2D eigenvalue weighted by atomic mass is 10.2. The summed E-state index contributed by atoms with van der Waals surface area (Å²) in [6, 6.07) is 14.1. The van der Waals surface area contributed by atoms with Crippen molar-refractivity contribution in [3.63, 3.8) is 0 Å². The molecule has 0 amide bonds. The smallest absolute Gasteiger partial charge is 0.154 e. The molecule has 0 N–H and O–H groups in total. The first-order valence-corrected chi connectivity index (χ1v) is 7.01. The van der Waals surface area contributed by atoms with E-state index < -0.39 is 0 Å². The first kappa shape index (κ1) is 12.0. The summed E-state index contributed by atoms with van der Waals surface area (Å²) in [4.78, 5) is 4.58. The lowest BCUT2D eigenvalue weighted by Gasteiger charge is -1.97. The van der Waals surface area contributed by atoms with Gasteiger partial charge in [-0.3, -0.25) is 0 Å². The van der Waals surface area contributed by atoms with Gasteiger partial charge in [0.05, 0.1) is 11.9 Å². The first-order chi connectivity index (χ1) is 9.36. The summed E-state index contributed by atoms with van der Waals surface area (Å²) in [7, 11) is 0. The molecular weight excluding hydrogens is 254 g/mol. The van der Waals surface area contributed by atoms with Gasteiger partial charge in [-0.05, 0) is 12.1 Å². The molecule has 0 unspecified atom stereocenters. The van der Waals surface area contributed by atoms with Crippen molar-refractivity contribution in [3.8, 4) is 11.3 Å². The van der Waals surface area contributed by atoms with E-state index in [0.29, 0.717) is 0 Å². The average molecular weight is 267 g/mol. The van der Waals surface area contributed by atoms with Gasteiger partial charge in [-0.2, -0.15) is 5.10 Å². The van der Waals surface area contributed by atoms with Crippen LogP contribution in [0.25, 0.3) is 16.9 Å². The number of benzene rings is 1. The third-order valence-electron chi connectivity index (χ3n) is 2.71. The molecule has 0 spiro atoms. The van der Waals surface area contributed by atoms with Crippen molar-refractivity contribution in [2.75, 3.05) is 5.75 Å². The minimum absolute atomic E-state index is 0.860. The number of rotatable bonds is 4. The normalized spacial score (nSPS) is 10.7. The van der Waals surface area contributed by atoms with Crippen molar-refractivity contribution in [2.24, 2.45) is 0 Å². The van der Waals surface area contributed by atoms with Crippen molar-refractivity contribution in [1.82, 2.24) is 14.6 Å². The van der Waals surface area contributed by atoms with E-state index in [4.69, 9.17) is 0 Å². The number of aromatic nitrogens is 3. The Morgan fingerprint density at radius 1 is 1.16 bits per heavy atom. The third-order valence-corrected chi connectivity index (χ3v) is 3.63. The Morgan fingerprint density at radius 2 is 2.00 bits per heavy atom. The summed E-state index contributed by atoms with van der Waals surface area (Å²) in [5.74, 6) is 0.860. The molecule has 0 atom stereocenters. The van der Waals surface area contributed by atoms with Crippen LogP contribution in [-0.4, -0.2) is 20.4 Å². The van der Waals surface area contributed by atoms with Crippen LogP contribution >= 0.6 is 11.8 Å². The van der Waals surface area contributed by atoms with Crippen molar-refractivity contribution in [3.05, 3.63) is 61.3 Å². The van der Waals surface area contributed by atoms with Gasteiger partial charge in [0.15, 0.2) is 5.65 Å². The van der Waals surface area contributed by atoms with Gasteiger partial charge in [-0.15, -0.1) is 18.3 Å². The summed E-state index contributed by atoms with van der Waals surface area (Å²) < 4.78 is 1.83. The van der Waals surface area contributed by atoms with Crippen LogP contribution in [0.4, 0.5) is 0 Å². The van der Waals surface area contributed by atoms with Crippen LogP contribution in [0.5, 0.6) is 0 Å². The SMILES string of the molecule is C=CCSc1ccc2nc(-c3ccccc3)cn2n1. The fraction of sp³-hybridized carbons (Fsp3) is 0.0667. The molecule has 0 aliphatic carbocycles. The van der Waals surface area contributed by atoms with E-state index in [1.54, 1.807) is 11.8 Å². The molecule has 2 aromatic heterocycles. The second-order valence-corrected chi connectivity index (χ2v) is 5.11. The van der Waals surface area contributed by atoms with Gasteiger partial charge in [0, 0.05) is 11.3 Å². The van der Waals surface area contributed by atoms with E-state index in [1.807, 2.05) is 47.1 Å². The van der Waals surface area contributed by atoms with Crippen LogP contribution in [-0.2, 0) is 0 Å². The van der Waals surface area contributed by atoms with Crippen LogP contribution in [0.15, 0.2) is 66.3 Å². The molecule has 0 saturated carbocycles. The summed E-state index contributed by atoms with van der Waals surface area (Å²) >= 11 is 1.66. The van der Waals surface area contributed by atoms with Crippen molar-refractivity contribution >= 4 is 17.4 Å². The maximum absolute atomic E-state index is 4.58. The Labute approximate surface area is 116 Å². The van der Waals surface area contributed by atoms with Gasteiger partial charge in [-0.1, -0.05) is 36.4 Å². The maximum atomic E-state index is 4.58. The van der Waals surface area contributed by atoms with E-state index in [2.05, 4.69) is 28.8 Å². The zero-order chi connectivity index (χ0) is 13.1. The minimum atomic E-state index is 0.860. The van der Waals surface area contributed by atoms with Gasteiger partial charge in [0.25, 0.3) is 0 Å². The molecule has 0 aliphatic heterocycles. The zero-order valence-corrected chi connectivity index (χ0v) is 11.2. The van der Waals surface area contributed by atoms with Crippen LogP contribution in [0.1, 0.15) is 0 Å². The molecule has 1 aromatic carbocycles. The summed E-state index contributed by atoms with van der Waals surface area (Å²) in [5.41, 5.74) is 2.91. The Morgan fingerprint density at radius 3 is 2.79 bits per heavy atom. The Bertz CT molecular complexity index is 704. The van der Waals surface area contributed by atoms with Crippen LogP contribution < -0.4 is 0 Å². The predicted octanol–water partition coefficient (Wildman–Crippen LogP) is 3.67. The van der Waals surface area contributed by atoms with Crippen molar-refractivity contribution < 1.29 is 0 Å². The number of thioether (sulfide) groups is 1. The molecule has 19 heavy (non-hydrogen) atoms. The highest BCUT2D eigenvalue weighted by Gasteiger charge is 2.05. The molecule has 3 nitrogen and oxygen atoms in total. The van der Waals surface area contributed by atoms with E-state index in [9.17, 15) is 0 Å². The minimum Gasteiger partial charge on any atom is -0.227 e. The maximum Gasteiger partial charge on any atom is 0.154 e. The van der Waals surface area contributed by atoms with E-state index in [-0.39, 0.29) is 0 Å². The Balaban J connectivity index is 1.99. The largest absolute Gasteiger partial charge is 0.227 e. The third kappa shape index (κ3) is 2.53. The van der Waals surface area contributed by atoms with Gasteiger partial charge in [-0.25, -0.2) is 9.50 Å². The standard InChI is InChI=1S/C15H13N3S/c1-2-10-19-15-9-8-14-16-13(11-18(14)17-15)12-6-4-3-5-7-12/h2-9,11H,1,10H2. The molecule has 3 rings (SSSR count). The van der Waals surface area contributed by atoms with Crippen molar-refractivity contribution in [1.29, 1.82) is 0 Å². The summed E-state index contributed by atoms with van der Waals surface area (Å²) in [5, 5.41) is 5.50. The predicted molar refractivity (Wildman–Crippen MR) is 79.3 cm³/mol. The van der Waals surface area contributed by atoms with Gasteiger partial charge in [0.1, 0.15) is 5.03 Å². The molecule has 0 radical (unpaired) electrons. The summed E-state index contributed by atoms with van der Waals surface area (Å²) in [6.45, 7) is 3.71. The van der Waals surface area contributed by atoms with Gasteiger partial charge in [0.2, 0.25) is 0 Å². The monoisotopic (exact) mass is 267 g/mol. The molecule has 0 aliphatic rings. The van der Waals surface area contributed by atoms with Crippen LogP contribution in [0.2, 0.25) is 0 Å². The fourth-order valence-electron chi connectivity index (χ4n) is 1.83. The highest BCUT2D eigenvalue weighted by Crippen LogP contribution is 2.20. The van der Waals surface area contributed by atoms with Crippen molar-refractivity contribution in [2.45, 2.75) is 5.03 Å². The number of hydrogen-bond donors (Lipinski definition) is 0. The van der Waals surface area contributed by atoms with E-state index >= 15 is 0 Å². The molecule has 94 valence electrons. The average Bonchev–Trinajstić information content (AvgIpc) is 2.89. The molecule has 4 heteroatoms. The molecule has 0 bridgehead atoms. The Kier molecular flexibility index (Phi) is 3.33. The van der Waals surface area contributed by atoms with Crippen LogP contribution in [0, 0.1) is 0 Å². The Hall–Kier alpha value is -2.07. The molecule has 2 heterocycles. The molecule has 0 saturated heterocycles. The lowest BCUT2D eigenvalue weighted by molar-refractivity contribution is 0.860. The lowest BCUT2D eigenvalue weighted by Crippen LogP contribution is -1.91. The molecule has 0 fully saturated rings. The molecule has 3 aromatic rings. The second kappa shape index (κ2) is 5.28. The second-order valence-electron chi connectivity index (χ2n) is 4.07. The van der Waals surface area contributed by atoms with Gasteiger partial charge >= 0.3 is 0 Å². The number of hydrogen-bond acceptors (Lipinski definition) is 3. The topological polar surface area (TPSA) is 30.2 Å². The summed E-state index contributed by atoms with van der Waals surface area (Å²) in [6.07, 6.45) is 3.84. The quantitative estimate of drug-likeness (QED) is 0.533. The number of nitrogens with zero attached hydrogens (tertiary/aromatic N) is 3. The highest BCUT2D eigenvalue weighted by atomic mass is 32.2. The van der Waals surface area contributed by atoms with E-state index in [1.165, 1.54) is 0 Å². The zero-order valence-electron chi connectivity index (χ0n) is 10.4. The van der Waals surface area contributed by atoms with Gasteiger partial charge < -0.3 is 0 Å². The number of imidazole rings is 1. The number of fused-ring (bicyclic) bond motifs is 1. The fourth-order valence-corrected chi connectivity index (χ4v) is 2.43.